The number of hydrogen-bond donors (Lipinski definition) is 2. The number of rotatable bonds is 6. The molecule has 0 spiro atoms. The molecule has 0 radical (unpaired) electrons. The number of aliphatic hydroxyl groups excluding tert-OH is 1. The zero-order valence-electron chi connectivity index (χ0n) is 19.5. The number of anilines is 3. The summed E-state index contributed by atoms with van der Waals surface area (Å²) in [6.07, 6.45) is -1.87. The molecule has 37 heavy (non-hydrogen) atoms. The summed E-state index contributed by atoms with van der Waals surface area (Å²) in [7, 11) is 0. The first kappa shape index (κ1) is 25.1. The van der Waals surface area contributed by atoms with E-state index in [0.29, 0.717) is 49.0 Å². The van der Waals surface area contributed by atoms with Crippen molar-refractivity contribution >= 4 is 34.8 Å². The van der Waals surface area contributed by atoms with Gasteiger partial charge in [-0.2, -0.15) is 13.2 Å². The number of amides is 2. The van der Waals surface area contributed by atoms with E-state index in [1.165, 1.54) is 18.3 Å². The van der Waals surface area contributed by atoms with Crippen LogP contribution >= 0.6 is 11.6 Å². The lowest BCUT2D eigenvalue weighted by Crippen LogP contribution is -2.48. The van der Waals surface area contributed by atoms with E-state index in [1.54, 1.807) is 23.1 Å². The van der Waals surface area contributed by atoms with E-state index >= 15 is 0 Å². The van der Waals surface area contributed by atoms with Crippen molar-refractivity contribution in [1.82, 2.24) is 9.97 Å². The molecule has 2 amide bonds. The highest BCUT2D eigenvalue weighted by atomic mass is 35.5. The number of alkyl halides is 3. The number of halogens is 4. The molecule has 2 bridgehead atoms. The average molecular weight is 534 g/mol. The number of carbonyl (C=O) groups is 1. The second kappa shape index (κ2) is 10.1. The minimum absolute atomic E-state index is 0.0112. The summed E-state index contributed by atoms with van der Waals surface area (Å²) < 4.78 is 45.4. The number of aromatic nitrogens is 2. The topological polar surface area (TPSA) is 90.8 Å². The van der Waals surface area contributed by atoms with Gasteiger partial charge >= 0.3 is 12.2 Å². The van der Waals surface area contributed by atoms with Crippen LogP contribution in [0.5, 0.6) is 5.88 Å². The number of pyridine rings is 2. The van der Waals surface area contributed by atoms with Gasteiger partial charge in [0.05, 0.1) is 34.6 Å². The smallest absolute Gasteiger partial charge is 0.416 e. The van der Waals surface area contributed by atoms with E-state index < -0.39 is 17.8 Å². The Labute approximate surface area is 215 Å². The van der Waals surface area contributed by atoms with Gasteiger partial charge in [0.25, 0.3) is 0 Å². The SMILES string of the molecule is O=C(Nc1ccnc(OCCCO)c1)N1c2nc(-c3cccc(C(F)(F)F)c3)c(Cl)cc2N2CCC1C2. The zero-order chi connectivity index (χ0) is 26.2. The molecule has 5 rings (SSSR count). The Hall–Kier alpha value is -3.57. The standard InChI is InChI=1S/C25H23ClF3N5O3/c26-19-13-20-23(32-22(19)15-3-1-4-16(11-15)25(27,28)29)34(18-6-8-33(20)14-18)24(36)31-17-5-7-30-21(12-17)37-10-2-9-35/h1,3-5,7,11-13,18,35H,2,6,8-10,14H2,(H,30,31,36). The van der Waals surface area contributed by atoms with Gasteiger partial charge < -0.3 is 20.1 Å². The van der Waals surface area contributed by atoms with Crippen molar-refractivity contribution in [3.8, 4) is 17.1 Å². The number of benzene rings is 1. The molecule has 0 saturated carbocycles. The second-order valence-corrected chi connectivity index (χ2v) is 9.14. The maximum atomic E-state index is 13.5. The Kier molecular flexibility index (Phi) is 6.82. The largest absolute Gasteiger partial charge is 0.478 e. The van der Waals surface area contributed by atoms with Crippen molar-refractivity contribution in [2.24, 2.45) is 0 Å². The van der Waals surface area contributed by atoms with Crippen LogP contribution in [-0.4, -0.2) is 53.5 Å². The number of aliphatic hydroxyl groups is 1. The molecule has 2 aliphatic rings. The minimum atomic E-state index is -4.52. The number of ether oxygens (including phenoxy) is 1. The summed E-state index contributed by atoms with van der Waals surface area (Å²) in [4.78, 5) is 25.8. The van der Waals surface area contributed by atoms with Crippen LogP contribution in [0.3, 0.4) is 0 Å². The lowest BCUT2D eigenvalue weighted by atomic mass is 10.1. The van der Waals surface area contributed by atoms with Gasteiger partial charge in [0, 0.05) is 49.6 Å². The number of nitrogens with one attached hydrogen (secondary N) is 1. The van der Waals surface area contributed by atoms with Crippen LogP contribution < -0.4 is 19.9 Å². The Morgan fingerprint density at radius 2 is 2.08 bits per heavy atom. The van der Waals surface area contributed by atoms with Crippen LogP contribution in [0, 0.1) is 0 Å². The molecule has 194 valence electrons. The van der Waals surface area contributed by atoms with Crippen molar-refractivity contribution in [3.63, 3.8) is 0 Å². The first-order chi connectivity index (χ1) is 17.7. The number of fused-ring (bicyclic) bond motifs is 4. The van der Waals surface area contributed by atoms with Crippen LogP contribution in [-0.2, 0) is 6.18 Å². The highest BCUT2D eigenvalue weighted by Gasteiger charge is 2.41. The van der Waals surface area contributed by atoms with Gasteiger partial charge in [-0.05, 0) is 30.7 Å². The first-order valence-electron chi connectivity index (χ1n) is 11.7. The van der Waals surface area contributed by atoms with E-state index in [4.69, 9.17) is 21.4 Å². The third-order valence-electron chi connectivity index (χ3n) is 6.25. The summed E-state index contributed by atoms with van der Waals surface area (Å²) in [6, 6.07) is 9.03. The van der Waals surface area contributed by atoms with Gasteiger partial charge in [0.1, 0.15) is 0 Å². The molecule has 4 heterocycles. The molecule has 1 saturated heterocycles. The second-order valence-electron chi connectivity index (χ2n) is 8.74. The van der Waals surface area contributed by atoms with Crippen molar-refractivity contribution in [3.05, 3.63) is 59.2 Å². The average Bonchev–Trinajstić information content (AvgIpc) is 3.29. The number of carbonyl (C=O) groups excluding carboxylic acids is 1. The molecule has 0 aliphatic carbocycles. The summed E-state index contributed by atoms with van der Waals surface area (Å²) in [6.45, 7) is 1.55. The van der Waals surface area contributed by atoms with Crippen molar-refractivity contribution < 1.29 is 27.8 Å². The van der Waals surface area contributed by atoms with Gasteiger partial charge in [0.15, 0.2) is 5.82 Å². The maximum Gasteiger partial charge on any atom is 0.416 e. The highest BCUT2D eigenvalue weighted by Crippen LogP contribution is 2.43. The lowest BCUT2D eigenvalue weighted by molar-refractivity contribution is -0.137. The van der Waals surface area contributed by atoms with Crippen LogP contribution in [0.1, 0.15) is 18.4 Å². The fraction of sp³-hybridized carbons (Fsp3) is 0.320. The van der Waals surface area contributed by atoms with Crippen LogP contribution in [0.15, 0.2) is 48.7 Å². The van der Waals surface area contributed by atoms with Crippen molar-refractivity contribution in [2.45, 2.75) is 25.1 Å². The molecule has 2 aliphatic heterocycles. The van der Waals surface area contributed by atoms with E-state index in [0.717, 1.165) is 12.1 Å². The van der Waals surface area contributed by atoms with Gasteiger partial charge in [-0.25, -0.2) is 14.8 Å². The van der Waals surface area contributed by atoms with Gasteiger partial charge in [-0.3, -0.25) is 4.90 Å². The summed E-state index contributed by atoms with van der Waals surface area (Å²) in [5, 5.41) is 12.0. The van der Waals surface area contributed by atoms with E-state index in [1.807, 2.05) is 0 Å². The monoisotopic (exact) mass is 533 g/mol. The third-order valence-corrected chi connectivity index (χ3v) is 6.54. The Morgan fingerprint density at radius 1 is 1.24 bits per heavy atom. The van der Waals surface area contributed by atoms with Gasteiger partial charge in [0.2, 0.25) is 5.88 Å². The molecule has 2 aromatic heterocycles. The minimum Gasteiger partial charge on any atom is -0.478 e. The predicted octanol–water partition coefficient (Wildman–Crippen LogP) is 5.21. The number of urea groups is 1. The van der Waals surface area contributed by atoms with Gasteiger partial charge in [-0.15, -0.1) is 0 Å². The Morgan fingerprint density at radius 3 is 2.86 bits per heavy atom. The predicted molar refractivity (Wildman–Crippen MR) is 133 cm³/mol. The van der Waals surface area contributed by atoms with E-state index in [9.17, 15) is 18.0 Å². The summed E-state index contributed by atoms with van der Waals surface area (Å²) in [5.74, 6) is 0.630. The summed E-state index contributed by atoms with van der Waals surface area (Å²) in [5.41, 5.74) is 0.652. The summed E-state index contributed by atoms with van der Waals surface area (Å²) >= 11 is 6.50. The quantitative estimate of drug-likeness (QED) is 0.423. The number of hydrogen-bond acceptors (Lipinski definition) is 6. The molecule has 1 fully saturated rings. The number of nitrogens with zero attached hydrogens (tertiary/aromatic N) is 4. The first-order valence-corrected chi connectivity index (χ1v) is 12.1. The van der Waals surface area contributed by atoms with Crippen LogP contribution in [0.4, 0.5) is 35.2 Å². The highest BCUT2D eigenvalue weighted by molar-refractivity contribution is 6.33. The molecule has 1 aromatic carbocycles. The lowest BCUT2D eigenvalue weighted by Gasteiger charge is -2.36. The Balaban J connectivity index is 1.47. The normalized spacial score (nSPS) is 16.5. The van der Waals surface area contributed by atoms with Gasteiger partial charge in [-0.1, -0.05) is 23.7 Å². The molecule has 12 heteroatoms. The molecule has 8 nitrogen and oxygen atoms in total. The fourth-order valence-corrected chi connectivity index (χ4v) is 4.78. The maximum absolute atomic E-state index is 13.5. The molecular weight excluding hydrogens is 511 g/mol. The van der Waals surface area contributed by atoms with Crippen molar-refractivity contribution in [2.75, 3.05) is 41.4 Å². The molecule has 2 N–H and O–H groups in total. The van der Waals surface area contributed by atoms with Crippen molar-refractivity contribution in [1.29, 1.82) is 0 Å². The molecule has 1 atom stereocenters. The van der Waals surface area contributed by atoms with Crippen LogP contribution in [0.2, 0.25) is 5.02 Å². The third kappa shape index (κ3) is 5.14. The van der Waals surface area contributed by atoms with E-state index in [-0.39, 0.29) is 35.5 Å². The fourth-order valence-electron chi connectivity index (χ4n) is 4.52. The molecule has 1 unspecified atom stereocenters. The zero-order valence-corrected chi connectivity index (χ0v) is 20.3. The Bertz CT molecular complexity index is 1320. The van der Waals surface area contributed by atoms with E-state index in [2.05, 4.69) is 20.2 Å². The van der Waals surface area contributed by atoms with Crippen LogP contribution in [0.25, 0.3) is 11.3 Å². The molecular formula is C25H23ClF3N5O3. The molecule has 3 aromatic rings.